The molecule has 0 saturated carbocycles. The summed E-state index contributed by atoms with van der Waals surface area (Å²) in [6.07, 6.45) is 0.857. The SMILES string of the molecule is C=CC(Cc1ccccc1)NC(O)O. The Bertz CT molecular complexity index is 272. The van der Waals surface area contributed by atoms with E-state index in [1.165, 1.54) is 0 Å². The van der Waals surface area contributed by atoms with Crippen molar-refractivity contribution in [3.05, 3.63) is 48.6 Å². The summed E-state index contributed by atoms with van der Waals surface area (Å²) in [6.45, 7) is 3.63. The molecule has 14 heavy (non-hydrogen) atoms. The fourth-order valence-corrected chi connectivity index (χ4v) is 1.27. The van der Waals surface area contributed by atoms with E-state index in [9.17, 15) is 0 Å². The highest BCUT2D eigenvalue weighted by Gasteiger charge is 2.07. The van der Waals surface area contributed by atoms with Gasteiger partial charge in [-0.15, -0.1) is 6.58 Å². The van der Waals surface area contributed by atoms with Gasteiger partial charge in [0.2, 0.25) is 6.41 Å². The molecule has 0 bridgehead atoms. The van der Waals surface area contributed by atoms with Crippen molar-refractivity contribution in [3.8, 4) is 0 Å². The second-order valence-corrected chi connectivity index (χ2v) is 3.07. The molecule has 1 unspecified atom stereocenters. The molecule has 0 saturated heterocycles. The van der Waals surface area contributed by atoms with E-state index in [0.29, 0.717) is 6.42 Å². The summed E-state index contributed by atoms with van der Waals surface area (Å²) in [5, 5.41) is 20.0. The van der Waals surface area contributed by atoms with Crippen molar-refractivity contribution in [2.75, 3.05) is 0 Å². The maximum absolute atomic E-state index is 8.73. The van der Waals surface area contributed by atoms with Gasteiger partial charge in [0, 0.05) is 6.04 Å². The first-order chi connectivity index (χ1) is 6.72. The van der Waals surface area contributed by atoms with Crippen LogP contribution in [0.25, 0.3) is 0 Å². The first-order valence-corrected chi connectivity index (χ1v) is 4.51. The number of nitrogens with one attached hydrogen (secondary N) is 1. The Labute approximate surface area is 83.7 Å². The lowest BCUT2D eigenvalue weighted by atomic mass is 10.1. The van der Waals surface area contributed by atoms with Gasteiger partial charge in [0.1, 0.15) is 0 Å². The van der Waals surface area contributed by atoms with Gasteiger partial charge in [-0.25, -0.2) is 0 Å². The predicted octanol–water partition coefficient (Wildman–Crippen LogP) is 0.641. The highest BCUT2D eigenvalue weighted by atomic mass is 16.5. The molecule has 0 aliphatic heterocycles. The smallest absolute Gasteiger partial charge is 0.211 e. The third-order valence-corrected chi connectivity index (χ3v) is 1.95. The summed E-state index contributed by atoms with van der Waals surface area (Å²) in [5.41, 5.74) is 1.13. The van der Waals surface area contributed by atoms with Gasteiger partial charge in [-0.3, -0.25) is 5.32 Å². The fraction of sp³-hybridized carbons (Fsp3) is 0.273. The molecule has 0 aliphatic carbocycles. The van der Waals surface area contributed by atoms with Gasteiger partial charge in [-0.05, 0) is 12.0 Å². The van der Waals surface area contributed by atoms with Crippen molar-refractivity contribution in [2.24, 2.45) is 0 Å². The summed E-state index contributed by atoms with van der Waals surface area (Å²) in [7, 11) is 0. The number of aliphatic hydroxyl groups excluding tert-OH is 1. The molecule has 1 atom stereocenters. The van der Waals surface area contributed by atoms with E-state index < -0.39 is 6.41 Å². The first kappa shape index (κ1) is 10.9. The zero-order valence-electron chi connectivity index (χ0n) is 7.93. The molecule has 0 heterocycles. The third-order valence-electron chi connectivity index (χ3n) is 1.95. The fourth-order valence-electron chi connectivity index (χ4n) is 1.27. The van der Waals surface area contributed by atoms with Gasteiger partial charge in [0.15, 0.2) is 0 Å². The second kappa shape index (κ2) is 5.54. The zero-order valence-corrected chi connectivity index (χ0v) is 7.93. The Balaban J connectivity index is 2.53. The summed E-state index contributed by atoms with van der Waals surface area (Å²) >= 11 is 0. The van der Waals surface area contributed by atoms with Gasteiger partial charge in [0.05, 0.1) is 0 Å². The number of hydrogen-bond donors (Lipinski definition) is 3. The van der Waals surface area contributed by atoms with Crippen molar-refractivity contribution in [1.29, 1.82) is 0 Å². The van der Waals surface area contributed by atoms with E-state index in [-0.39, 0.29) is 6.04 Å². The maximum atomic E-state index is 8.73. The Morgan fingerprint density at radius 1 is 1.29 bits per heavy atom. The Morgan fingerprint density at radius 2 is 1.93 bits per heavy atom. The van der Waals surface area contributed by atoms with Gasteiger partial charge in [-0.1, -0.05) is 36.4 Å². The molecule has 0 aliphatic rings. The molecule has 3 heteroatoms. The van der Waals surface area contributed by atoms with Crippen molar-refractivity contribution in [1.82, 2.24) is 5.32 Å². The van der Waals surface area contributed by atoms with Crippen LogP contribution >= 0.6 is 0 Å². The van der Waals surface area contributed by atoms with Crippen LogP contribution in [0.3, 0.4) is 0 Å². The van der Waals surface area contributed by atoms with Crippen LogP contribution in [0.15, 0.2) is 43.0 Å². The lowest BCUT2D eigenvalue weighted by Crippen LogP contribution is -2.38. The van der Waals surface area contributed by atoms with Gasteiger partial charge in [0.25, 0.3) is 0 Å². The zero-order chi connectivity index (χ0) is 10.4. The molecule has 1 aromatic carbocycles. The van der Waals surface area contributed by atoms with Crippen molar-refractivity contribution in [2.45, 2.75) is 18.9 Å². The number of rotatable bonds is 5. The van der Waals surface area contributed by atoms with E-state index in [1.807, 2.05) is 30.3 Å². The van der Waals surface area contributed by atoms with Crippen LogP contribution in [0.4, 0.5) is 0 Å². The molecular weight excluding hydrogens is 178 g/mol. The van der Waals surface area contributed by atoms with E-state index in [0.717, 1.165) is 5.56 Å². The molecule has 0 spiro atoms. The average molecular weight is 193 g/mol. The highest BCUT2D eigenvalue weighted by Crippen LogP contribution is 2.03. The Hall–Kier alpha value is -1.16. The molecule has 3 nitrogen and oxygen atoms in total. The van der Waals surface area contributed by atoms with Gasteiger partial charge >= 0.3 is 0 Å². The van der Waals surface area contributed by atoms with Crippen LogP contribution in [-0.4, -0.2) is 22.7 Å². The first-order valence-electron chi connectivity index (χ1n) is 4.51. The molecule has 3 N–H and O–H groups in total. The van der Waals surface area contributed by atoms with Crippen LogP contribution in [0, 0.1) is 0 Å². The van der Waals surface area contributed by atoms with Crippen LogP contribution in [0.5, 0.6) is 0 Å². The normalized spacial score (nSPS) is 12.8. The minimum absolute atomic E-state index is 0.127. The maximum Gasteiger partial charge on any atom is 0.211 e. The minimum Gasteiger partial charge on any atom is -0.356 e. The lowest BCUT2D eigenvalue weighted by molar-refractivity contribution is -0.0701. The summed E-state index contributed by atoms with van der Waals surface area (Å²) < 4.78 is 0. The molecule has 0 radical (unpaired) electrons. The van der Waals surface area contributed by atoms with E-state index in [2.05, 4.69) is 11.9 Å². The van der Waals surface area contributed by atoms with E-state index in [1.54, 1.807) is 6.08 Å². The van der Waals surface area contributed by atoms with E-state index in [4.69, 9.17) is 10.2 Å². The number of benzene rings is 1. The Kier molecular flexibility index (Phi) is 4.32. The summed E-state index contributed by atoms with van der Waals surface area (Å²) in [5.74, 6) is 0. The van der Waals surface area contributed by atoms with Crippen molar-refractivity contribution >= 4 is 0 Å². The molecule has 1 rings (SSSR count). The van der Waals surface area contributed by atoms with Crippen LogP contribution in [0.1, 0.15) is 5.56 Å². The molecule has 0 fully saturated rings. The average Bonchev–Trinajstić information content (AvgIpc) is 2.17. The third kappa shape index (κ3) is 3.70. The largest absolute Gasteiger partial charge is 0.356 e. The quantitative estimate of drug-likeness (QED) is 0.475. The summed E-state index contributed by atoms with van der Waals surface area (Å²) in [6, 6.07) is 9.69. The number of aliphatic hydroxyl groups is 2. The topological polar surface area (TPSA) is 52.5 Å². The van der Waals surface area contributed by atoms with Crippen LogP contribution in [-0.2, 0) is 6.42 Å². The molecule has 0 amide bonds. The molecular formula is C11H15NO2. The minimum atomic E-state index is -1.50. The van der Waals surface area contributed by atoms with Gasteiger partial charge < -0.3 is 10.2 Å². The van der Waals surface area contributed by atoms with Crippen LogP contribution < -0.4 is 5.32 Å². The lowest BCUT2D eigenvalue weighted by Gasteiger charge is -2.15. The van der Waals surface area contributed by atoms with Crippen LogP contribution in [0.2, 0.25) is 0 Å². The summed E-state index contributed by atoms with van der Waals surface area (Å²) in [4.78, 5) is 0. The standard InChI is InChI=1S/C11H15NO2/c1-2-10(12-11(13)14)8-9-6-4-3-5-7-9/h2-7,10-14H,1,8H2. The predicted molar refractivity (Wildman–Crippen MR) is 55.5 cm³/mol. The van der Waals surface area contributed by atoms with Crippen molar-refractivity contribution in [3.63, 3.8) is 0 Å². The highest BCUT2D eigenvalue weighted by molar-refractivity contribution is 5.17. The molecule has 0 aromatic heterocycles. The molecule has 1 aromatic rings. The van der Waals surface area contributed by atoms with Crippen molar-refractivity contribution < 1.29 is 10.2 Å². The van der Waals surface area contributed by atoms with Gasteiger partial charge in [-0.2, -0.15) is 0 Å². The number of hydrogen-bond acceptors (Lipinski definition) is 3. The van der Waals surface area contributed by atoms with E-state index >= 15 is 0 Å². The monoisotopic (exact) mass is 193 g/mol. The Morgan fingerprint density at radius 3 is 2.43 bits per heavy atom. The molecule has 76 valence electrons. The second-order valence-electron chi connectivity index (χ2n) is 3.07.